The van der Waals surface area contributed by atoms with Crippen LogP contribution in [0.5, 0.6) is 0 Å². The minimum Gasteiger partial charge on any atom is -0.395 e. The van der Waals surface area contributed by atoms with Crippen molar-refractivity contribution in [2.45, 2.75) is 26.3 Å². The van der Waals surface area contributed by atoms with Crippen molar-refractivity contribution in [3.63, 3.8) is 0 Å². The zero-order valence-electron chi connectivity index (χ0n) is 10.1. The van der Waals surface area contributed by atoms with Gasteiger partial charge in [0.15, 0.2) is 11.5 Å². The second-order valence-corrected chi connectivity index (χ2v) is 3.95. The third kappa shape index (κ3) is 2.21. The molecule has 17 heavy (non-hydrogen) atoms. The number of anilines is 1. The second-order valence-electron chi connectivity index (χ2n) is 3.95. The van der Waals surface area contributed by atoms with Crippen LogP contribution in [-0.2, 0) is 0 Å². The Hall–Kier alpha value is -1.69. The average Bonchev–Trinajstić information content (AvgIpc) is 2.79. The van der Waals surface area contributed by atoms with Gasteiger partial charge in [0.05, 0.1) is 12.9 Å². The lowest BCUT2D eigenvalue weighted by atomic mass is 10.2. The van der Waals surface area contributed by atoms with E-state index in [1.165, 1.54) is 6.33 Å². The lowest BCUT2D eigenvalue weighted by Gasteiger charge is -2.10. The van der Waals surface area contributed by atoms with Gasteiger partial charge in [0.2, 0.25) is 0 Å². The van der Waals surface area contributed by atoms with E-state index < -0.39 is 0 Å². The first-order valence-electron chi connectivity index (χ1n) is 5.80. The molecule has 0 aliphatic rings. The Balaban J connectivity index is 2.41. The summed E-state index contributed by atoms with van der Waals surface area (Å²) in [5, 5.41) is 11.8. The molecule has 0 aliphatic carbocycles. The molecule has 0 saturated carbocycles. The number of hydrogen-bond donors (Lipinski definition) is 2. The highest BCUT2D eigenvalue weighted by Gasteiger charge is 2.12. The first-order chi connectivity index (χ1) is 8.27. The fourth-order valence-electron chi connectivity index (χ4n) is 1.67. The summed E-state index contributed by atoms with van der Waals surface area (Å²) in [4.78, 5) is 12.7. The Morgan fingerprint density at radius 1 is 1.41 bits per heavy atom. The fraction of sp³-hybridized carbons (Fsp3) is 0.545. The topological polar surface area (TPSA) is 75.9 Å². The predicted octanol–water partition coefficient (Wildman–Crippen LogP) is 1.20. The summed E-state index contributed by atoms with van der Waals surface area (Å²) in [6.07, 6.45) is 4.33. The van der Waals surface area contributed by atoms with Crippen molar-refractivity contribution >= 4 is 17.0 Å². The fourth-order valence-corrected chi connectivity index (χ4v) is 1.67. The Morgan fingerprint density at radius 3 is 2.94 bits per heavy atom. The van der Waals surface area contributed by atoms with E-state index in [0.29, 0.717) is 18.4 Å². The molecular weight excluding hydrogens is 218 g/mol. The number of hydrogen-bond acceptors (Lipinski definition) is 5. The van der Waals surface area contributed by atoms with E-state index in [2.05, 4.69) is 34.1 Å². The summed E-state index contributed by atoms with van der Waals surface area (Å²) in [5.41, 5.74) is 1.58. The summed E-state index contributed by atoms with van der Waals surface area (Å²) in [5.74, 6) is 0.672. The number of aliphatic hydroxyl groups is 1. The van der Waals surface area contributed by atoms with Crippen LogP contribution in [0.4, 0.5) is 5.82 Å². The van der Waals surface area contributed by atoms with Gasteiger partial charge < -0.3 is 15.0 Å². The molecular formula is C11H17N5O. The van der Waals surface area contributed by atoms with E-state index in [0.717, 1.165) is 17.6 Å². The molecule has 92 valence electrons. The highest BCUT2D eigenvalue weighted by Crippen LogP contribution is 2.21. The third-order valence-electron chi connectivity index (χ3n) is 2.83. The normalized spacial score (nSPS) is 12.9. The summed E-state index contributed by atoms with van der Waals surface area (Å²) >= 11 is 0. The van der Waals surface area contributed by atoms with E-state index in [1.807, 2.05) is 4.57 Å². The second kappa shape index (κ2) is 5.09. The number of aromatic nitrogens is 4. The van der Waals surface area contributed by atoms with Crippen molar-refractivity contribution < 1.29 is 5.11 Å². The van der Waals surface area contributed by atoms with Crippen molar-refractivity contribution in [3.8, 4) is 0 Å². The van der Waals surface area contributed by atoms with E-state index in [1.54, 1.807) is 6.33 Å². The van der Waals surface area contributed by atoms with Gasteiger partial charge in [0.1, 0.15) is 11.8 Å². The Labute approximate surface area is 99.7 Å². The highest BCUT2D eigenvalue weighted by atomic mass is 16.3. The number of nitrogens with one attached hydrogen (secondary N) is 1. The minimum atomic E-state index is 0.0670. The molecule has 0 radical (unpaired) electrons. The predicted molar refractivity (Wildman–Crippen MR) is 65.9 cm³/mol. The maximum absolute atomic E-state index is 8.80. The van der Waals surface area contributed by atoms with Gasteiger partial charge in [0, 0.05) is 12.6 Å². The van der Waals surface area contributed by atoms with Crippen LogP contribution < -0.4 is 5.32 Å². The maximum atomic E-state index is 8.80. The molecule has 2 aromatic heterocycles. The van der Waals surface area contributed by atoms with Crippen molar-refractivity contribution in [1.29, 1.82) is 0 Å². The lowest BCUT2D eigenvalue weighted by molar-refractivity contribution is 0.311. The molecule has 0 saturated heterocycles. The number of imidazole rings is 1. The summed E-state index contributed by atoms with van der Waals surface area (Å²) in [7, 11) is 0. The standard InChI is InChI=1S/C11H17N5O/c1-3-8(2)16-7-15-9-10(12-4-5-17)13-6-14-11(9)16/h6-8,17H,3-5H2,1-2H3,(H,12,13,14). The SMILES string of the molecule is CCC(C)n1cnc2c(NCCO)ncnc21. The van der Waals surface area contributed by atoms with Crippen LogP contribution >= 0.6 is 0 Å². The van der Waals surface area contributed by atoms with Crippen LogP contribution in [0.1, 0.15) is 26.3 Å². The molecule has 0 aromatic carbocycles. The van der Waals surface area contributed by atoms with Crippen LogP contribution in [0, 0.1) is 0 Å². The third-order valence-corrected chi connectivity index (χ3v) is 2.83. The average molecular weight is 235 g/mol. The van der Waals surface area contributed by atoms with Crippen molar-refractivity contribution in [2.75, 3.05) is 18.5 Å². The zero-order valence-corrected chi connectivity index (χ0v) is 10.1. The quantitative estimate of drug-likeness (QED) is 0.814. The molecule has 1 unspecified atom stereocenters. The minimum absolute atomic E-state index is 0.0670. The monoisotopic (exact) mass is 235 g/mol. The van der Waals surface area contributed by atoms with Gasteiger partial charge >= 0.3 is 0 Å². The number of nitrogens with zero attached hydrogens (tertiary/aromatic N) is 4. The van der Waals surface area contributed by atoms with Gasteiger partial charge in [-0.25, -0.2) is 15.0 Å². The molecule has 2 heterocycles. The van der Waals surface area contributed by atoms with E-state index in [9.17, 15) is 0 Å². The summed E-state index contributed by atoms with van der Waals surface area (Å²) in [6.45, 7) is 4.78. The van der Waals surface area contributed by atoms with Gasteiger partial charge in [-0.1, -0.05) is 6.92 Å². The molecule has 2 aromatic rings. The van der Waals surface area contributed by atoms with E-state index >= 15 is 0 Å². The van der Waals surface area contributed by atoms with Crippen molar-refractivity contribution in [1.82, 2.24) is 19.5 Å². The molecule has 0 spiro atoms. The molecule has 0 aliphatic heterocycles. The molecule has 0 fully saturated rings. The van der Waals surface area contributed by atoms with E-state index in [-0.39, 0.29) is 6.61 Å². The number of rotatable bonds is 5. The first kappa shape index (κ1) is 11.8. The largest absolute Gasteiger partial charge is 0.395 e. The van der Waals surface area contributed by atoms with Crippen molar-refractivity contribution in [2.24, 2.45) is 0 Å². The number of fused-ring (bicyclic) bond motifs is 1. The van der Waals surface area contributed by atoms with Crippen molar-refractivity contribution in [3.05, 3.63) is 12.7 Å². The Bertz CT molecular complexity index is 496. The lowest BCUT2D eigenvalue weighted by Crippen LogP contribution is -2.08. The summed E-state index contributed by atoms with van der Waals surface area (Å²) < 4.78 is 2.04. The molecule has 2 N–H and O–H groups in total. The van der Waals surface area contributed by atoms with Crippen LogP contribution in [0.2, 0.25) is 0 Å². The van der Waals surface area contributed by atoms with Gasteiger partial charge in [-0.2, -0.15) is 0 Å². The molecule has 0 bridgehead atoms. The molecule has 2 rings (SSSR count). The van der Waals surface area contributed by atoms with Gasteiger partial charge in [-0.05, 0) is 13.3 Å². The summed E-state index contributed by atoms with van der Waals surface area (Å²) in [6, 6.07) is 0.362. The zero-order chi connectivity index (χ0) is 12.3. The number of aliphatic hydroxyl groups excluding tert-OH is 1. The van der Waals surface area contributed by atoms with Gasteiger partial charge in [-0.15, -0.1) is 0 Å². The Morgan fingerprint density at radius 2 is 2.24 bits per heavy atom. The van der Waals surface area contributed by atoms with Crippen LogP contribution in [0.25, 0.3) is 11.2 Å². The Kier molecular flexibility index (Phi) is 3.53. The molecule has 6 nitrogen and oxygen atoms in total. The highest BCUT2D eigenvalue weighted by molar-refractivity contribution is 5.82. The maximum Gasteiger partial charge on any atom is 0.165 e. The molecule has 1 atom stereocenters. The first-order valence-corrected chi connectivity index (χ1v) is 5.80. The van der Waals surface area contributed by atoms with E-state index in [4.69, 9.17) is 5.11 Å². The molecule has 0 amide bonds. The molecule has 6 heteroatoms. The van der Waals surface area contributed by atoms with Crippen LogP contribution in [0.3, 0.4) is 0 Å². The smallest absolute Gasteiger partial charge is 0.165 e. The van der Waals surface area contributed by atoms with Gasteiger partial charge in [0.25, 0.3) is 0 Å². The van der Waals surface area contributed by atoms with Crippen LogP contribution in [0.15, 0.2) is 12.7 Å². The van der Waals surface area contributed by atoms with Crippen LogP contribution in [-0.4, -0.2) is 37.8 Å². The van der Waals surface area contributed by atoms with Gasteiger partial charge in [-0.3, -0.25) is 0 Å².